The molecule has 0 radical (unpaired) electrons. The average Bonchev–Trinajstić information content (AvgIpc) is 2.48. The van der Waals surface area contributed by atoms with Crippen LogP contribution in [0.15, 0.2) is 18.2 Å². The van der Waals surface area contributed by atoms with Crippen molar-refractivity contribution < 1.29 is 19.1 Å². The number of methoxy groups -OCH3 is 1. The Balaban J connectivity index is 2.16. The summed E-state index contributed by atoms with van der Waals surface area (Å²) < 4.78 is 9.89. The van der Waals surface area contributed by atoms with E-state index in [1.165, 1.54) is 12.0 Å². The summed E-state index contributed by atoms with van der Waals surface area (Å²) in [5.41, 5.74) is 0.310. The monoisotopic (exact) mass is 317 g/mol. The summed E-state index contributed by atoms with van der Waals surface area (Å²) in [6.07, 6.45) is -0.768. The van der Waals surface area contributed by atoms with Crippen LogP contribution < -0.4 is 0 Å². The Hall–Kier alpha value is -1.30. The largest absolute Gasteiger partial charge is 0.467 e. The highest BCUT2D eigenvalue weighted by Crippen LogP contribution is 2.27. The van der Waals surface area contributed by atoms with E-state index < -0.39 is 12.1 Å². The maximum atomic E-state index is 12.4. The van der Waals surface area contributed by atoms with E-state index in [1.54, 1.807) is 18.2 Å². The molecule has 0 aromatic heterocycles. The fourth-order valence-electron chi connectivity index (χ4n) is 1.95. The number of hydrogen-bond donors (Lipinski definition) is 0. The summed E-state index contributed by atoms with van der Waals surface area (Å²) in [5, 5.41) is 0.524. The van der Waals surface area contributed by atoms with Gasteiger partial charge in [-0.25, -0.2) is 4.79 Å². The van der Waals surface area contributed by atoms with Gasteiger partial charge >= 0.3 is 5.97 Å². The third-order valence-electron chi connectivity index (χ3n) is 3.00. The van der Waals surface area contributed by atoms with Gasteiger partial charge < -0.3 is 14.4 Å². The number of amides is 1. The maximum absolute atomic E-state index is 12.4. The maximum Gasteiger partial charge on any atom is 0.336 e. The molecule has 0 spiro atoms. The predicted octanol–water partition coefficient (Wildman–Crippen LogP) is 2.01. The van der Waals surface area contributed by atoms with Crippen molar-refractivity contribution in [2.75, 3.05) is 26.8 Å². The van der Waals surface area contributed by atoms with Gasteiger partial charge in [0.25, 0.3) is 5.91 Å². The lowest BCUT2D eigenvalue weighted by Gasteiger charge is -2.31. The number of benzene rings is 1. The second-order valence-corrected chi connectivity index (χ2v) is 5.02. The molecule has 0 saturated carbocycles. The van der Waals surface area contributed by atoms with Gasteiger partial charge in [-0.1, -0.05) is 29.3 Å². The number of halogens is 2. The summed E-state index contributed by atoms with van der Waals surface area (Å²) in [6, 6.07) is 4.86. The predicted molar refractivity (Wildman–Crippen MR) is 74.1 cm³/mol. The average molecular weight is 318 g/mol. The molecule has 5 nitrogen and oxygen atoms in total. The molecule has 1 saturated heterocycles. The van der Waals surface area contributed by atoms with Gasteiger partial charge in [-0.15, -0.1) is 0 Å². The number of ether oxygens (including phenoxy) is 2. The molecule has 108 valence electrons. The minimum atomic E-state index is -0.768. The van der Waals surface area contributed by atoms with E-state index in [0.29, 0.717) is 17.1 Å². The zero-order valence-electron chi connectivity index (χ0n) is 10.8. The molecule has 1 aliphatic rings. The van der Waals surface area contributed by atoms with Gasteiger partial charge in [0.1, 0.15) is 0 Å². The first-order valence-corrected chi connectivity index (χ1v) is 6.73. The van der Waals surface area contributed by atoms with Gasteiger partial charge in [0, 0.05) is 6.54 Å². The number of hydrogen-bond acceptors (Lipinski definition) is 4. The highest BCUT2D eigenvalue weighted by Gasteiger charge is 2.31. The Kier molecular flexibility index (Phi) is 4.86. The number of morpholine rings is 1. The normalized spacial score (nSPS) is 18.8. The summed E-state index contributed by atoms with van der Waals surface area (Å²) in [6.45, 7) is 0.785. The molecule has 2 rings (SSSR count). The van der Waals surface area contributed by atoms with E-state index >= 15 is 0 Å². The van der Waals surface area contributed by atoms with Crippen LogP contribution in [0.4, 0.5) is 0 Å². The topological polar surface area (TPSA) is 55.8 Å². The minimum Gasteiger partial charge on any atom is -0.467 e. The van der Waals surface area contributed by atoms with Crippen molar-refractivity contribution in [3.63, 3.8) is 0 Å². The number of carbonyl (C=O) groups is 2. The van der Waals surface area contributed by atoms with Crippen molar-refractivity contribution >= 4 is 35.1 Å². The summed E-state index contributed by atoms with van der Waals surface area (Å²) in [4.78, 5) is 25.4. The number of carbonyl (C=O) groups excluding carboxylic acids is 2. The number of esters is 1. The molecule has 1 heterocycles. The van der Waals surface area contributed by atoms with E-state index in [-0.39, 0.29) is 24.1 Å². The van der Waals surface area contributed by atoms with Gasteiger partial charge in [-0.3, -0.25) is 4.79 Å². The Morgan fingerprint density at radius 1 is 1.40 bits per heavy atom. The van der Waals surface area contributed by atoms with Crippen molar-refractivity contribution in [1.82, 2.24) is 4.90 Å². The first-order valence-electron chi connectivity index (χ1n) is 5.97. The second-order valence-electron chi connectivity index (χ2n) is 4.24. The van der Waals surface area contributed by atoms with Crippen molar-refractivity contribution in [2.24, 2.45) is 0 Å². The molecule has 1 aromatic rings. The van der Waals surface area contributed by atoms with E-state index in [0.717, 1.165) is 0 Å². The van der Waals surface area contributed by atoms with Crippen molar-refractivity contribution in [3.05, 3.63) is 33.8 Å². The zero-order valence-corrected chi connectivity index (χ0v) is 12.3. The first-order chi connectivity index (χ1) is 9.54. The fourth-order valence-corrected chi connectivity index (χ4v) is 2.33. The molecular formula is C13H13Cl2NO4. The molecule has 1 aromatic carbocycles. The molecule has 0 aliphatic carbocycles. The molecular weight excluding hydrogens is 305 g/mol. The highest BCUT2D eigenvalue weighted by atomic mass is 35.5. The molecule has 20 heavy (non-hydrogen) atoms. The van der Waals surface area contributed by atoms with Gasteiger partial charge in [0.2, 0.25) is 0 Å². The lowest BCUT2D eigenvalue weighted by Crippen LogP contribution is -2.49. The Morgan fingerprint density at radius 3 is 2.85 bits per heavy atom. The van der Waals surface area contributed by atoms with Gasteiger partial charge in [-0.2, -0.15) is 0 Å². The minimum absolute atomic E-state index is 0.133. The van der Waals surface area contributed by atoms with Gasteiger partial charge in [0.05, 0.1) is 35.9 Å². The van der Waals surface area contributed by atoms with Crippen molar-refractivity contribution in [2.45, 2.75) is 6.10 Å². The van der Waals surface area contributed by atoms with E-state index in [9.17, 15) is 9.59 Å². The Morgan fingerprint density at radius 2 is 2.15 bits per heavy atom. The Labute approximate surface area is 126 Å². The quantitative estimate of drug-likeness (QED) is 0.783. The van der Waals surface area contributed by atoms with Gasteiger partial charge in [-0.05, 0) is 12.1 Å². The van der Waals surface area contributed by atoms with Crippen molar-refractivity contribution in [3.8, 4) is 0 Å². The third-order valence-corrected chi connectivity index (χ3v) is 3.82. The molecule has 1 aliphatic heterocycles. The third kappa shape index (κ3) is 3.06. The van der Waals surface area contributed by atoms with Crippen LogP contribution in [-0.4, -0.2) is 49.7 Å². The van der Waals surface area contributed by atoms with Crippen LogP contribution in [0, 0.1) is 0 Å². The second kappa shape index (κ2) is 6.43. The van der Waals surface area contributed by atoms with E-state index in [4.69, 9.17) is 27.9 Å². The lowest BCUT2D eigenvalue weighted by molar-refractivity contribution is -0.158. The molecule has 1 fully saturated rings. The molecule has 0 bridgehead atoms. The zero-order chi connectivity index (χ0) is 14.7. The van der Waals surface area contributed by atoms with Gasteiger partial charge in [0.15, 0.2) is 6.10 Å². The molecule has 0 N–H and O–H groups in total. The van der Waals surface area contributed by atoms with Crippen LogP contribution in [-0.2, 0) is 14.3 Å². The standard InChI is InChI=1S/C13H13Cl2NO4/c1-19-13(18)10-7-16(5-6-20-10)12(17)8-3-2-4-9(14)11(8)15/h2-4,10H,5-7H2,1H3. The summed E-state index contributed by atoms with van der Waals surface area (Å²) in [7, 11) is 1.28. The number of rotatable bonds is 2. The summed E-state index contributed by atoms with van der Waals surface area (Å²) in [5.74, 6) is -0.783. The van der Waals surface area contributed by atoms with Crippen LogP contribution in [0.5, 0.6) is 0 Å². The number of nitrogens with zero attached hydrogens (tertiary/aromatic N) is 1. The molecule has 1 atom stereocenters. The summed E-state index contributed by atoms with van der Waals surface area (Å²) >= 11 is 11.9. The van der Waals surface area contributed by atoms with Crippen LogP contribution in [0.25, 0.3) is 0 Å². The molecule has 1 unspecified atom stereocenters. The smallest absolute Gasteiger partial charge is 0.336 e. The highest BCUT2D eigenvalue weighted by molar-refractivity contribution is 6.43. The van der Waals surface area contributed by atoms with Crippen LogP contribution in [0.3, 0.4) is 0 Å². The Bertz CT molecular complexity index is 535. The van der Waals surface area contributed by atoms with Crippen LogP contribution in [0.2, 0.25) is 10.0 Å². The fraction of sp³-hybridized carbons (Fsp3) is 0.385. The first kappa shape index (κ1) is 15.1. The van der Waals surface area contributed by atoms with Crippen LogP contribution >= 0.6 is 23.2 Å². The molecule has 7 heteroatoms. The molecule has 1 amide bonds. The SMILES string of the molecule is COC(=O)C1CN(C(=O)c2cccc(Cl)c2Cl)CCO1. The van der Waals surface area contributed by atoms with Crippen LogP contribution in [0.1, 0.15) is 10.4 Å². The van der Waals surface area contributed by atoms with Crippen molar-refractivity contribution in [1.29, 1.82) is 0 Å². The lowest BCUT2D eigenvalue weighted by atomic mass is 10.1. The van der Waals surface area contributed by atoms with E-state index in [1.807, 2.05) is 0 Å². The van der Waals surface area contributed by atoms with E-state index in [2.05, 4.69) is 4.74 Å².